The van der Waals surface area contributed by atoms with Crippen LogP contribution in [-0.4, -0.2) is 118 Å². The number of unbranched alkanes of at least 4 members (excludes halogenated alkanes) is 6. The highest BCUT2D eigenvalue weighted by atomic mass is 19.2. The van der Waals surface area contributed by atoms with Crippen LogP contribution in [0.1, 0.15) is 121 Å². The number of H-pyrrole nitrogens is 2. The third kappa shape index (κ3) is 17.4. The maximum absolute atomic E-state index is 13.6. The summed E-state index contributed by atoms with van der Waals surface area (Å²) in [6, 6.07) is 12.8. The fraction of sp³-hybridized carbons (Fsp3) is 0.509. The van der Waals surface area contributed by atoms with Gasteiger partial charge in [0.1, 0.15) is 51.1 Å². The molecule has 0 aliphatic rings. The van der Waals surface area contributed by atoms with E-state index in [0.29, 0.717) is 44.4 Å². The number of carbonyl (C=O) groups excluding carboxylic acids is 2. The fourth-order valence-corrected chi connectivity index (χ4v) is 8.77. The van der Waals surface area contributed by atoms with E-state index < -0.39 is 35.0 Å². The number of ether oxygens (including phenoxy) is 3. The lowest BCUT2D eigenvalue weighted by molar-refractivity contribution is -0.136. The third-order valence-corrected chi connectivity index (χ3v) is 13.3. The zero-order chi connectivity index (χ0) is 54.6. The number of pyridine rings is 2. The fourth-order valence-electron chi connectivity index (χ4n) is 8.77. The topological polar surface area (TPSA) is 203 Å². The van der Waals surface area contributed by atoms with Crippen LogP contribution in [0.4, 0.5) is 29.2 Å². The molecule has 0 unspecified atom stereocenters. The molecule has 0 atom stereocenters. The molecule has 4 heterocycles. The van der Waals surface area contributed by atoms with E-state index in [4.69, 9.17) is 30.9 Å². The Balaban J connectivity index is 0.000000255. The maximum Gasteiger partial charge on any atom is 0.313 e. The molecule has 0 spiro atoms. The van der Waals surface area contributed by atoms with Gasteiger partial charge in [-0.1, -0.05) is 63.8 Å². The molecule has 0 radical (unpaired) electrons. The maximum atomic E-state index is 13.6. The Hall–Kier alpha value is -6.28. The van der Waals surface area contributed by atoms with Gasteiger partial charge in [0.05, 0.1) is 43.9 Å². The van der Waals surface area contributed by atoms with Crippen LogP contribution < -0.4 is 16.2 Å². The summed E-state index contributed by atoms with van der Waals surface area (Å²) in [6.07, 6.45) is 14.9. The highest BCUT2D eigenvalue weighted by Gasteiger charge is 2.23. The van der Waals surface area contributed by atoms with Gasteiger partial charge in [0.2, 0.25) is 17.4 Å². The van der Waals surface area contributed by atoms with Crippen molar-refractivity contribution in [2.45, 2.75) is 124 Å². The monoisotopic (exact) mass is 1060 g/mol. The molecule has 19 heteroatoms. The van der Waals surface area contributed by atoms with Crippen molar-refractivity contribution in [3.63, 3.8) is 0 Å². The van der Waals surface area contributed by atoms with Crippen molar-refractivity contribution in [3.8, 4) is 5.75 Å². The van der Waals surface area contributed by atoms with Crippen LogP contribution in [0.2, 0.25) is 0 Å². The van der Waals surface area contributed by atoms with Crippen LogP contribution in [0.3, 0.4) is 0 Å². The molecule has 7 rings (SSSR count). The Kier molecular flexibility index (Phi) is 23.2. The molecule has 0 saturated heterocycles. The molecule has 4 aromatic heterocycles. The van der Waals surface area contributed by atoms with Crippen molar-refractivity contribution in [2.75, 3.05) is 78.2 Å². The number of benzene rings is 3. The van der Waals surface area contributed by atoms with Crippen LogP contribution in [0.15, 0.2) is 42.5 Å². The van der Waals surface area contributed by atoms with Crippen LogP contribution in [0, 0.1) is 23.3 Å². The summed E-state index contributed by atoms with van der Waals surface area (Å²) in [7, 11) is 4.09. The SMILES string of the molecule is CCCCc1nc2c([nH]1)c(N)nc1cc(CCCCCN(C)CCOCCC(=O)Oc3c(F)c(F)cc(F)c3F)ccc12.CCCCc1nc2c([nH]1)c(N)nc1cc(CCCCCN(C)CCOCCC(C)=O)ccc12. The number of nitrogens with two attached hydrogens (primary N) is 2. The zero-order valence-corrected chi connectivity index (χ0v) is 44.9. The molecule has 412 valence electrons. The van der Waals surface area contributed by atoms with Crippen LogP contribution in [0.25, 0.3) is 43.9 Å². The van der Waals surface area contributed by atoms with E-state index in [-0.39, 0.29) is 24.9 Å². The van der Waals surface area contributed by atoms with Crippen molar-refractivity contribution in [2.24, 2.45) is 0 Å². The molecule has 0 amide bonds. The molecule has 0 fully saturated rings. The number of nitrogens with zero attached hydrogens (tertiary/aromatic N) is 6. The number of ketones is 1. The van der Waals surface area contributed by atoms with Gasteiger partial charge >= 0.3 is 5.97 Å². The first-order valence-corrected chi connectivity index (χ1v) is 26.8. The number of carbonyl (C=O) groups is 2. The molecule has 0 aliphatic heterocycles. The van der Waals surface area contributed by atoms with E-state index in [1.54, 1.807) is 6.92 Å². The molecule has 0 saturated carbocycles. The van der Waals surface area contributed by atoms with Crippen LogP contribution >= 0.6 is 0 Å². The van der Waals surface area contributed by atoms with Gasteiger partial charge in [0.15, 0.2) is 11.6 Å². The second-order valence-electron chi connectivity index (χ2n) is 19.6. The molecular formula is C57H76F4N10O5. The van der Waals surface area contributed by atoms with Gasteiger partial charge in [-0.3, -0.25) is 9.59 Å². The number of hydrogen-bond acceptors (Lipinski definition) is 13. The predicted molar refractivity (Wildman–Crippen MR) is 292 cm³/mol. The number of imidazole rings is 2. The van der Waals surface area contributed by atoms with Gasteiger partial charge in [-0.15, -0.1) is 0 Å². The first-order valence-electron chi connectivity index (χ1n) is 26.8. The summed E-state index contributed by atoms with van der Waals surface area (Å²) >= 11 is 0. The van der Waals surface area contributed by atoms with Gasteiger partial charge in [0, 0.05) is 49.2 Å². The average Bonchev–Trinajstić information content (AvgIpc) is 4.05. The Morgan fingerprint density at radius 3 is 1.47 bits per heavy atom. The number of aromatic nitrogens is 6. The number of aromatic amines is 2. The number of aryl methyl sites for hydroxylation is 4. The van der Waals surface area contributed by atoms with Gasteiger partial charge in [0.25, 0.3) is 0 Å². The van der Waals surface area contributed by atoms with Gasteiger partial charge < -0.3 is 45.4 Å². The van der Waals surface area contributed by atoms with E-state index in [1.807, 2.05) is 7.05 Å². The third-order valence-electron chi connectivity index (χ3n) is 13.3. The molecule has 3 aromatic carbocycles. The normalized spacial score (nSPS) is 11.7. The van der Waals surface area contributed by atoms with Gasteiger partial charge in [-0.25, -0.2) is 28.7 Å². The van der Waals surface area contributed by atoms with Gasteiger partial charge in [-0.2, -0.15) is 8.78 Å². The minimum atomic E-state index is -1.76. The predicted octanol–water partition coefficient (Wildman–Crippen LogP) is 10.9. The standard InChI is InChI=1S/C31H37F4N5O3.C26H39N5O2/c1-3-4-9-24-38-28-20-11-10-19(17-23(20)37-31(36)29(28)39-24)8-6-5-7-13-40(2)14-16-42-15-12-25(41)43-30-26(34)21(32)18-22(33)27(30)35;1-4-5-10-23-29-24-21-12-11-20(18-22(21)28-26(27)25(24)30-23)9-7-6-8-14-31(3)15-17-33-16-13-19(2)32/h10-11,17-18H,3-9,12-16H2,1-2H3,(H2,36,37)(H,38,39);11-12,18H,4-10,13-17H2,1-3H3,(H2,27,28)(H,29,30). The number of Topliss-reactive ketones (excluding diaryl/α,β-unsaturated/α-hetero) is 1. The van der Waals surface area contributed by atoms with E-state index in [1.165, 1.54) is 17.5 Å². The summed E-state index contributed by atoms with van der Waals surface area (Å²) in [5.74, 6) is -6.17. The summed E-state index contributed by atoms with van der Waals surface area (Å²) in [4.78, 5) is 52.6. The summed E-state index contributed by atoms with van der Waals surface area (Å²) in [6.45, 7) is 10.9. The number of esters is 1. The quantitative estimate of drug-likeness (QED) is 0.0105. The molecule has 7 aromatic rings. The lowest BCUT2D eigenvalue weighted by Crippen LogP contribution is -2.25. The van der Waals surface area contributed by atoms with Crippen molar-refractivity contribution in [1.82, 2.24) is 39.7 Å². The van der Waals surface area contributed by atoms with Crippen LogP contribution in [-0.2, 0) is 44.7 Å². The summed E-state index contributed by atoms with van der Waals surface area (Å²) < 4.78 is 69.0. The first kappa shape index (κ1) is 59.0. The molecule has 76 heavy (non-hydrogen) atoms. The second-order valence-corrected chi connectivity index (χ2v) is 19.6. The summed E-state index contributed by atoms with van der Waals surface area (Å²) in [5.41, 5.74) is 20.2. The Morgan fingerprint density at radius 1 is 0.566 bits per heavy atom. The number of nitrogens with one attached hydrogen (secondary N) is 2. The lowest BCUT2D eigenvalue weighted by Gasteiger charge is -2.16. The molecule has 0 aliphatic carbocycles. The smallest absolute Gasteiger partial charge is 0.313 e. The Morgan fingerprint density at radius 2 is 1.03 bits per heavy atom. The Labute approximate surface area is 442 Å². The number of hydrogen-bond donors (Lipinski definition) is 4. The van der Waals surface area contributed by atoms with E-state index in [2.05, 4.69) is 91.8 Å². The van der Waals surface area contributed by atoms with E-state index >= 15 is 0 Å². The van der Waals surface area contributed by atoms with Crippen molar-refractivity contribution in [1.29, 1.82) is 0 Å². The minimum Gasteiger partial charge on any atom is -0.420 e. The largest absolute Gasteiger partial charge is 0.420 e. The summed E-state index contributed by atoms with van der Waals surface area (Å²) in [5, 5.41) is 2.06. The number of fused-ring (bicyclic) bond motifs is 6. The number of likely N-dealkylation sites (N-methyl/N-ethyl adjacent to an activating group) is 2. The molecular weight excluding hydrogens is 981 g/mol. The van der Waals surface area contributed by atoms with Crippen LogP contribution in [0.5, 0.6) is 5.75 Å². The zero-order valence-electron chi connectivity index (χ0n) is 44.9. The first-order chi connectivity index (χ1) is 36.6. The average molecular weight is 1060 g/mol. The Bertz CT molecular complexity index is 2980. The van der Waals surface area contributed by atoms with E-state index in [0.717, 1.165) is 159 Å². The molecule has 6 N–H and O–H groups in total. The lowest BCUT2D eigenvalue weighted by atomic mass is 10.0. The molecule has 0 bridgehead atoms. The number of rotatable bonds is 31. The van der Waals surface area contributed by atoms with Crippen molar-refractivity contribution < 1.29 is 41.4 Å². The highest BCUT2D eigenvalue weighted by molar-refractivity contribution is 6.07. The number of halogens is 4. The van der Waals surface area contributed by atoms with E-state index in [9.17, 15) is 27.2 Å². The van der Waals surface area contributed by atoms with Crippen molar-refractivity contribution in [3.05, 3.63) is 88.5 Å². The molecule has 15 nitrogen and oxygen atoms in total. The number of nitrogen functional groups attached to an aromatic ring is 2. The number of anilines is 2. The van der Waals surface area contributed by atoms with Gasteiger partial charge in [-0.05, 0) is 109 Å². The highest BCUT2D eigenvalue weighted by Crippen LogP contribution is 2.30. The minimum absolute atomic E-state index is 0.0441. The second kappa shape index (κ2) is 29.9. The van der Waals surface area contributed by atoms with Crippen molar-refractivity contribution >= 4 is 67.3 Å².